The molecular formula is C21H20F2N2O4S. The zero-order valence-corrected chi connectivity index (χ0v) is 17.2. The Bertz CT molecular complexity index is 1010. The summed E-state index contributed by atoms with van der Waals surface area (Å²) in [6, 6.07) is 12.2. The predicted molar refractivity (Wildman–Crippen MR) is 110 cm³/mol. The van der Waals surface area contributed by atoms with Crippen LogP contribution < -0.4 is 19.5 Å². The number of para-hydroxylation sites is 1. The van der Waals surface area contributed by atoms with E-state index < -0.39 is 6.61 Å². The van der Waals surface area contributed by atoms with Crippen molar-refractivity contribution >= 4 is 17.2 Å². The van der Waals surface area contributed by atoms with Gasteiger partial charge in [-0.1, -0.05) is 18.2 Å². The third-order valence-electron chi connectivity index (χ3n) is 4.22. The average Bonchev–Trinajstić information content (AvgIpc) is 3.23. The standard InChI is InChI=1S/C21H20F2N2O4S/c1-27-16-6-4-3-5-14(16)20-25-15(12-30-20)19(26)24-10-9-13-7-8-17(28-2)18(11-13)29-21(22)23/h3-8,11-12,21H,9-10H2,1-2H3,(H,24,26). The van der Waals surface area contributed by atoms with E-state index in [4.69, 9.17) is 9.47 Å². The molecule has 158 valence electrons. The number of nitrogens with zero attached hydrogens (tertiary/aromatic N) is 1. The zero-order chi connectivity index (χ0) is 21.5. The van der Waals surface area contributed by atoms with Gasteiger partial charge in [0.15, 0.2) is 11.5 Å². The number of rotatable bonds is 9. The minimum absolute atomic E-state index is 0.0442. The van der Waals surface area contributed by atoms with Crippen LogP contribution in [-0.4, -0.2) is 38.3 Å². The van der Waals surface area contributed by atoms with Crippen LogP contribution in [0.3, 0.4) is 0 Å². The number of thiazole rings is 1. The van der Waals surface area contributed by atoms with Gasteiger partial charge < -0.3 is 19.5 Å². The number of benzene rings is 2. The first kappa shape index (κ1) is 21.5. The summed E-state index contributed by atoms with van der Waals surface area (Å²) in [6.07, 6.45) is 0.429. The molecule has 0 saturated heterocycles. The summed E-state index contributed by atoms with van der Waals surface area (Å²) < 4.78 is 39.9. The highest BCUT2D eigenvalue weighted by Crippen LogP contribution is 2.32. The molecule has 9 heteroatoms. The summed E-state index contributed by atoms with van der Waals surface area (Å²) in [4.78, 5) is 16.8. The molecule has 1 heterocycles. The van der Waals surface area contributed by atoms with Gasteiger partial charge in [0.2, 0.25) is 0 Å². The molecule has 1 N–H and O–H groups in total. The van der Waals surface area contributed by atoms with E-state index in [2.05, 4.69) is 15.0 Å². The van der Waals surface area contributed by atoms with Gasteiger partial charge in [-0.05, 0) is 36.2 Å². The highest BCUT2D eigenvalue weighted by molar-refractivity contribution is 7.13. The number of hydrogen-bond acceptors (Lipinski definition) is 6. The quantitative estimate of drug-likeness (QED) is 0.541. The van der Waals surface area contributed by atoms with Crippen LogP contribution >= 0.6 is 11.3 Å². The molecule has 0 aliphatic rings. The molecule has 0 saturated carbocycles. The number of ether oxygens (including phenoxy) is 3. The third-order valence-corrected chi connectivity index (χ3v) is 5.09. The minimum atomic E-state index is -2.95. The first-order valence-electron chi connectivity index (χ1n) is 9.00. The second-order valence-corrected chi connectivity index (χ2v) is 6.97. The van der Waals surface area contributed by atoms with Crippen molar-refractivity contribution in [3.8, 4) is 27.8 Å². The number of aromatic nitrogens is 1. The van der Waals surface area contributed by atoms with Crippen LogP contribution in [0.25, 0.3) is 10.6 Å². The molecule has 3 rings (SSSR count). The van der Waals surface area contributed by atoms with Crippen molar-refractivity contribution in [2.24, 2.45) is 0 Å². The van der Waals surface area contributed by atoms with E-state index in [1.807, 2.05) is 24.3 Å². The van der Waals surface area contributed by atoms with Crippen LogP contribution in [0.1, 0.15) is 16.1 Å². The largest absolute Gasteiger partial charge is 0.496 e. The van der Waals surface area contributed by atoms with Crippen molar-refractivity contribution in [1.82, 2.24) is 10.3 Å². The van der Waals surface area contributed by atoms with Gasteiger partial charge in [-0.25, -0.2) is 4.98 Å². The van der Waals surface area contributed by atoms with Gasteiger partial charge in [-0.3, -0.25) is 4.79 Å². The topological polar surface area (TPSA) is 69.7 Å². The highest BCUT2D eigenvalue weighted by Gasteiger charge is 2.15. The van der Waals surface area contributed by atoms with E-state index in [0.717, 1.165) is 11.1 Å². The lowest BCUT2D eigenvalue weighted by molar-refractivity contribution is -0.0512. The Morgan fingerprint density at radius 3 is 2.60 bits per heavy atom. The molecule has 0 radical (unpaired) electrons. The SMILES string of the molecule is COc1ccc(CCNC(=O)c2csc(-c3ccccc3OC)n2)cc1OC(F)F. The maximum absolute atomic E-state index is 12.5. The van der Waals surface area contributed by atoms with Crippen molar-refractivity contribution in [1.29, 1.82) is 0 Å². The van der Waals surface area contributed by atoms with Crippen molar-refractivity contribution in [3.63, 3.8) is 0 Å². The average molecular weight is 434 g/mol. The fourth-order valence-electron chi connectivity index (χ4n) is 2.80. The molecule has 0 spiro atoms. The molecule has 0 aliphatic heterocycles. The summed E-state index contributed by atoms with van der Waals surface area (Å²) in [6.45, 7) is -2.64. The Morgan fingerprint density at radius 2 is 1.87 bits per heavy atom. The number of hydrogen-bond donors (Lipinski definition) is 1. The fraction of sp³-hybridized carbons (Fsp3) is 0.238. The lowest BCUT2D eigenvalue weighted by Gasteiger charge is -2.11. The number of amides is 1. The second kappa shape index (κ2) is 10.0. The van der Waals surface area contributed by atoms with E-state index in [0.29, 0.717) is 29.4 Å². The summed E-state index contributed by atoms with van der Waals surface area (Å²) >= 11 is 1.35. The van der Waals surface area contributed by atoms with Crippen LogP contribution in [-0.2, 0) is 6.42 Å². The highest BCUT2D eigenvalue weighted by atomic mass is 32.1. The van der Waals surface area contributed by atoms with Crippen molar-refractivity contribution < 1.29 is 27.8 Å². The van der Waals surface area contributed by atoms with Gasteiger partial charge >= 0.3 is 6.61 Å². The van der Waals surface area contributed by atoms with Crippen LogP contribution in [0, 0.1) is 0 Å². The predicted octanol–water partition coefficient (Wildman–Crippen LogP) is 4.40. The fourth-order valence-corrected chi connectivity index (χ4v) is 3.63. The maximum Gasteiger partial charge on any atom is 0.387 e. The van der Waals surface area contributed by atoms with Gasteiger partial charge in [0.25, 0.3) is 5.91 Å². The molecule has 0 aliphatic carbocycles. The van der Waals surface area contributed by atoms with Gasteiger partial charge in [0, 0.05) is 11.9 Å². The smallest absolute Gasteiger partial charge is 0.387 e. The summed E-state index contributed by atoms with van der Waals surface area (Å²) in [5, 5.41) is 5.15. The Kier molecular flexibility index (Phi) is 7.18. The number of carbonyl (C=O) groups excluding carboxylic acids is 1. The first-order chi connectivity index (χ1) is 14.5. The number of nitrogens with one attached hydrogen (secondary N) is 1. The van der Waals surface area contributed by atoms with E-state index >= 15 is 0 Å². The van der Waals surface area contributed by atoms with Crippen molar-refractivity contribution in [3.05, 3.63) is 59.1 Å². The normalized spacial score (nSPS) is 10.7. The number of alkyl halides is 2. The summed E-state index contributed by atoms with van der Waals surface area (Å²) in [5.41, 5.74) is 1.84. The first-order valence-corrected chi connectivity index (χ1v) is 9.88. The lowest BCUT2D eigenvalue weighted by Crippen LogP contribution is -2.26. The second-order valence-electron chi connectivity index (χ2n) is 6.11. The Labute approximate surface area is 176 Å². The number of methoxy groups -OCH3 is 2. The number of halogens is 2. The van der Waals surface area contributed by atoms with E-state index in [1.165, 1.54) is 24.5 Å². The van der Waals surface area contributed by atoms with Crippen LogP contribution in [0.4, 0.5) is 8.78 Å². The Balaban J connectivity index is 1.61. The molecule has 0 unspecified atom stereocenters. The number of carbonyl (C=O) groups is 1. The van der Waals surface area contributed by atoms with E-state index in [1.54, 1.807) is 24.6 Å². The van der Waals surface area contributed by atoms with Gasteiger partial charge in [-0.2, -0.15) is 8.78 Å². The summed E-state index contributed by atoms with van der Waals surface area (Å²) in [7, 11) is 2.96. The summed E-state index contributed by atoms with van der Waals surface area (Å²) in [5.74, 6) is 0.539. The lowest BCUT2D eigenvalue weighted by atomic mass is 10.1. The Hall–Kier alpha value is -3.20. The molecule has 0 bridgehead atoms. The van der Waals surface area contributed by atoms with Gasteiger partial charge in [0.1, 0.15) is 16.5 Å². The third kappa shape index (κ3) is 5.24. The van der Waals surface area contributed by atoms with E-state index in [-0.39, 0.29) is 17.4 Å². The van der Waals surface area contributed by atoms with Crippen LogP contribution in [0.5, 0.6) is 17.2 Å². The minimum Gasteiger partial charge on any atom is -0.496 e. The molecule has 30 heavy (non-hydrogen) atoms. The Morgan fingerprint density at radius 1 is 1.10 bits per heavy atom. The molecule has 3 aromatic rings. The van der Waals surface area contributed by atoms with Gasteiger partial charge in [-0.15, -0.1) is 11.3 Å². The van der Waals surface area contributed by atoms with Crippen LogP contribution in [0.2, 0.25) is 0 Å². The van der Waals surface area contributed by atoms with E-state index in [9.17, 15) is 13.6 Å². The van der Waals surface area contributed by atoms with Crippen molar-refractivity contribution in [2.75, 3.05) is 20.8 Å². The maximum atomic E-state index is 12.5. The molecule has 6 nitrogen and oxygen atoms in total. The molecular weight excluding hydrogens is 414 g/mol. The molecule has 0 atom stereocenters. The molecule has 1 amide bonds. The molecule has 1 aromatic heterocycles. The molecule has 2 aromatic carbocycles. The van der Waals surface area contributed by atoms with Crippen LogP contribution in [0.15, 0.2) is 47.8 Å². The molecule has 0 fully saturated rings. The van der Waals surface area contributed by atoms with Crippen molar-refractivity contribution in [2.45, 2.75) is 13.0 Å². The zero-order valence-electron chi connectivity index (χ0n) is 16.4. The van der Waals surface area contributed by atoms with Gasteiger partial charge in [0.05, 0.1) is 19.8 Å². The monoisotopic (exact) mass is 434 g/mol.